The summed E-state index contributed by atoms with van der Waals surface area (Å²) in [6, 6.07) is 11.3. The minimum Gasteiger partial charge on any atom is -0.338 e. The van der Waals surface area contributed by atoms with Crippen LogP contribution in [0.15, 0.2) is 58.1 Å². The number of rotatable bonds is 3. The zero-order chi connectivity index (χ0) is 16.5. The highest BCUT2D eigenvalue weighted by atomic mass is 32.1. The molecule has 24 heavy (non-hydrogen) atoms. The van der Waals surface area contributed by atoms with E-state index in [0.29, 0.717) is 5.39 Å². The third-order valence-corrected chi connectivity index (χ3v) is 5.39. The Morgan fingerprint density at radius 1 is 1.21 bits per heavy atom. The van der Waals surface area contributed by atoms with Gasteiger partial charge in [0, 0.05) is 24.2 Å². The van der Waals surface area contributed by atoms with E-state index in [-0.39, 0.29) is 23.9 Å². The lowest BCUT2D eigenvalue weighted by Crippen LogP contribution is -2.33. The molecule has 3 aromatic rings. The van der Waals surface area contributed by atoms with E-state index >= 15 is 0 Å². The molecule has 1 amide bonds. The summed E-state index contributed by atoms with van der Waals surface area (Å²) in [4.78, 5) is 26.8. The van der Waals surface area contributed by atoms with Crippen LogP contribution in [-0.2, 0) is 11.3 Å². The van der Waals surface area contributed by atoms with E-state index in [1.807, 2.05) is 33.7 Å². The van der Waals surface area contributed by atoms with Gasteiger partial charge in [0.2, 0.25) is 5.91 Å². The molecule has 0 N–H and O–H groups in total. The Bertz CT molecular complexity index is 930. The van der Waals surface area contributed by atoms with Gasteiger partial charge < -0.3 is 9.47 Å². The number of nitrogens with zero attached hydrogens (tertiary/aromatic N) is 2. The number of carbonyl (C=O) groups excluding carboxylic acids is 1. The van der Waals surface area contributed by atoms with E-state index in [1.54, 1.807) is 17.5 Å². The zero-order valence-electron chi connectivity index (χ0n) is 13.2. The first-order valence-electron chi connectivity index (χ1n) is 8.14. The largest absolute Gasteiger partial charge is 0.338 e. The zero-order valence-corrected chi connectivity index (χ0v) is 14.0. The molecule has 1 fully saturated rings. The number of likely N-dealkylation sites (tertiary alicyclic amines) is 1. The van der Waals surface area contributed by atoms with Crippen molar-refractivity contribution < 1.29 is 4.79 Å². The van der Waals surface area contributed by atoms with Crippen LogP contribution in [0.4, 0.5) is 0 Å². The molecular formula is C19H18N2O2S. The number of hydrogen-bond acceptors (Lipinski definition) is 3. The highest BCUT2D eigenvalue weighted by molar-refractivity contribution is 7.08. The first kappa shape index (κ1) is 15.1. The van der Waals surface area contributed by atoms with Gasteiger partial charge in [-0.2, -0.15) is 11.3 Å². The predicted octanol–water partition coefficient (Wildman–Crippen LogP) is 3.43. The van der Waals surface area contributed by atoms with Crippen LogP contribution in [0.5, 0.6) is 0 Å². The van der Waals surface area contributed by atoms with Crippen LogP contribution in [0.3, 0.4) is 0 Å². The number of aromatic nitrogens is 1. The quantitative estimate of drug-likeness (QED) is 0.734. The molecule has 122 valence electrons. The van der Waals surface area contributed by atoms with Gasteiger partial charge in [-0.05, 0) is 47.4 Å². The van der Waals surface area contributed by atoms with Crippen molar-refractivity contribution in [3.63, 3.8) is 0 Å². The Hall–Kier alpha value is -2.40. The number of para-hydroxylation sites is 1. The molecule has 0 saturated carbocycles. The smallest absolute Gasteiger partial charge is 0.243 e. The number of thiophene rings is 1. The van der Waals surface area contributed by atoms with Gasteiger partial charge in [0.05, 0.1) is 11.6 Å². The van der Waals surface area contributed by atoms with Crippen LogP contribution < -0.4 is 5.43 Å². The molecule has 1 atom stereocenters. The van der Waals surface area contributed by atoms with Crippen molar-refractivity contribution in [3.05, 3.63) is 69.1 Å². The van der Waals surface area contributed by atoms with Gasteiger partial charge in [-0.15, -0.1) is 0 Å². The standard InChI is InChI=1S/C19H18N2O2S/c22-18-7-10-20(17-5-2-1-4-15(17)18)12-19(23)21-9-3-6-16(21)14-8-11-24-13-14/h1-2,4-5,7-8,10-11,13,16H,3,6,9,12H2/t16-/m1/s1. The minimum absolute atomic E-state index is 0.00776. The average molecular weight is 338 g/mol. The molecule has 1 saturated heterocycles. The van der Waals surface area contributed by atoms with Gasteiger partial charge in [0.1, 0.15) is 6.54 Å². The Morgan fingerprint density at radius 2 is 2.08 bits per heavy atom. The number of fused-ring (bicyclic) bond motifs is 1. The van der Waals surface area contributed by atoms with E-state index < -0.39 is 0 Å². The molecule has 0 aliphatic carbocycles. The molecule has 2 aromatic heterocycles. The molecule has 0 spiro atoms. The van der Waals surface area contributed by atoms with E-state index in [9.17, 15) is 9.59 Å². The summed E-state index contributed by atoms with van der Waals surface area (Å²) >= 11 is 1.67. The second-order valence-electron chi connectivity index (χ2n) is 6.13. The highest BCUT2D eigenvalue weighted by Crippen LogP contribution is 2.33. The molecule has 0 bridgehead atoms. The summed E-state index contributed by atoms with van der Waals surface area (Å²) in [7, 11) is 0. The molecule has 5 heteroatoms. The molecule has 4 nitrogen and oxygen atoms in total. The maximum absolute atomic E-state index is 12.9. The molecule has 0 unspecified atom stereocenters. The van der Waals surface area contributed by atoms with Crippen LogP contribution in [0.25, 0.3) is 10.9 Å². The number of hydrogen-bond donors (Lipinski definition) is 0. The normalized spacial score (nSPS) is 17.5. The van der Waals surface area contributed by atoms with E-state index in [0.717, 1.165) is 24.9 Å². The molecule has 1 aliphatic rings. The Morgan fingerprint density at radius 3 is 2.92 bits per heavy atom. The SMILES string of the molecule is O=C(Cn1ccc(=O)c2ccccc21)N1CCC[C@@H]1c1ccsc1. The molecule has 4 rings (SSSR count). The van der Waals surface area contributed by atoms with Crippen molar-refractivity contribution in [2.24, 2.45) is 0 Å². The second kappa shape index (κ2) is 6.24. The van der Waals surface area contributed by atoms with Gasteiger partial charge in [-0.1, -0.05) is 12.1 Å². The van der Waals surface area contributed by atoms with Crippen LogP contribution in [0.2, 0.25) is 0 Å². The first-order chi connectivity index (χ1) is 11.7. The van der Waals surface area contributed by atoms with Crippen molar-refractivity contribution in [1.29, 1.82) is 0 Å². The van der Waals surface area contributed by atoms with Crippen molar-refractivity contribution in [2.45, 2.75) is 25.4 Å². The summed E-state index contributed by atoms with van der Waals surface area (Å²) in [6.07, 6.45) is 3.78. The number of pyridine rings is 1. The van der Waals surface area contributed by atoms with Gasteiger partial charge in [0.25, 0.3) is 0 Å². The lowest BCUT2D eigenvalue weighted by Gasteiger charge is -2.25. The van der Waals surface area contributed by atoms with Gasteiger partial charge in [0.15, 0.2) is 5.43 Å². The van der Waals surface area contributed by atoms with Crippen molar-refractivity contribution in [1.82, 2.24) is 9.47 Å². The van der Waals surface area contributed by atoms with Crippen LogP contribution >= 0.6 is 11.3 Å². The topological polar surface area (TPSA) is 42.3 Å². The maximum Gasteiger partial charge on any atom is 0.243 e. The Kier molecular flexibility index (Phi) is 3.94. The third kappa shape index (κ3) is 2.65. The Labute approximate surface area is 144 Å². The number of carbonyl (C=O) groups is 1. The number of amides is 1. The second-order valence-corrected chi connectivity index (χ2v) is 6.91. The lowest BCUT2D eigenvalue weighted by molar-refractivity contribution is -0.132. The van der Waals surface area contributed by atoms with Gasteiger partial charge in [-0.25, -0.2) is 0 Å². The summed E-state index contributed by atoms with van der Waals surface area (Å²) in [5, 5.41) is 4.85. The molecule has 0 radical (unpaired) electrons. The highest BCUT2D eigenvalue weighted by Gasteiger charge is 2.30. The maximum atomic E-state index is 12.9. The summed E-state index contributed by atoms with van der Waals surface area (Å²) in [6.45, 7) is 1.07. The fourth-order valence-electron chi connectivity index (χ4n) is 3.51. The molecule has 3 heterocycles. The van der Waals surface area contributed by atoms with Gasteiger partial charge in [-0.3, -0.25) is 9.59 Å². The third-order valence-electron chi connectivity index (χ3n) is 4.69. The summed E-state index contributed by atoms with van der Waals surface area (Å²) in [5.74, 6) is 0.109. The summed E-state index contributed by atoms with van der Waals surface area (Å²) in [5.41, 5.74) is 2.03. The fraction of sp³-hybridized carbons (Fsp3) is 0.263. The van der Waals surface area contributed by atoms with Crippen LogP contribution in [0, 0.1) is 0 Å². The monoisotopic (exact) mass is 338 g/mol. The fourth-order valence-corrected chi connectivity index (χ4v) is 4.22. The van der Waals surface area contributed by atoms with Crippen LogP contribution in [0.1, 0.15) is 24.4 Å². The summed E-state index contributed by atoms with van der Waals surface area (Å²) < 4.78 is 1.88. The van der Waals surface area contributed by atoms with Crippen molar-refractivity contribution >= 4 is 28.1 Å². The van der Waals surface area contributed by atoms with E-state index in [1.165, 1.54) is 11.6 Å². The molecule has 1 aliphatic heterocycles. The van der Waals surface area contributed by atoms with E-state index in [2.05, 4.69) is 16.8 Å². The van der Waals surface area contributed by atoms with Gasteiger partial charge >= 0.3 is 0 Å². The van der Waals surface area contributed by atoms with Crippen molar-refractivity contribution in [2.75, 3.05) is 6.54 Å². The molecule has 1 aromatic carbocycles. The van der Waals surface area contributed by atoms with Crippen LogP contribution in [-0.4, -0.2) is 21.9 Å². The lowest BCUT2D eigenvalue weighted by atomic mass is 10.1. The predicted molar refractivity (Wildman–Crippen MR) is 96.2 cm³/mol. The molecular weight excluding hydrogens is 320 g/mol. The van der Waals surface area contributed by atoms with Crippen molar-refractivity contribution in [3.8, 4) is 0 Å². The number of benzene rings is 1. The minimum atomic E-state index is -0.00776. The Balaban J connectivity index is 1.63. The first-order valence-corrected chi connectivity index (χ1v) is 9.08. The average Bonchev–Trinajstić information content (AvgIpc) is 3.28. The van der Waals surface area contributed by atoms with E-state index in [4.69, 9.17) is 0 Å².